The Balaban J connectivity index is 0.00000137. The van der Waals surface area contributed by atoms with Crippen molar-refractivity contribution in [3.05, 3.63) is 24.3 Å². The van der Waals surface area contributed by atoms with Crippen molar-refractivity contribution in [2.45, 2.75) is 27.7 Å². The van der Waals surface area contributed by atoms with Crippen LogP contribution < -0.4 is 9.47 Å². The third-order valence-electron chi connectivity index (χ3n) is 1.90. The van der Waals surface area contributed by atoms with Crippen molar-refractivity contribution in [3.8, 4) is 11.5 Å². The van der Waals surface area contributed by atoms with Gasteiger partial charge in [-0.2, -0.15) is 6.07 Å². The van der Waals surface area contributed by atoms with Gasteiger partial charge in [0.1, 0.15) is 0 Å². The first-order valence-electron chi connectivity index (χ1n) is 6.12. The van der Waals surface area contributed by atoms with E-state index in [9.17, 15) is 0 Å². The van der Waals surface area contributed by atoms with Gasteiger partial charge in [-0.25, -0.2) is 0 Å². The molecule has 0 saturated heterocycles. The van der Waals surface area contributed by atoms with Gasteiger partial charge in [0.05, 0.1) is 13.2 Å². The number of benzene rings is 1. The summed E-state index contributed by atoms with van der Waals surface area (Å²) >= 11 is 4.25. The minimum absolute atomic E-state index is 0.522. The Morgan fingerprint density at radius 1 is 1.11 bits per heavy atom. The van der Waals surface area contributed by atoms with Crippen LogP contribution in [0.5, 0.6) is 11.5 Å². The molecule has 0 aliphatic carbocycles. The van der Waals surface area contributed by atoms with Crippen LogP contribution in [-0.2, 0) is 16.3 Å². The van der Waals surface area contributed by atoms with E-state index in [2.05, 4.69) is 47.4 Å². The third-order valence-corrected chi connectivity index (χ3v) is 1.90. The van der Waals surface area contributed by atoms with Crippen molar-refractivity contribution in [1.82, 2.24) is 0 Å². The summed E-state index contributed by atoms with van der Waals surface area (Å²) in [7, 11) is 0. The number of halogens is 1. The van der Waals surface area contributed by atoms with Crippen LogP contribution in [0.2, 0.25) is 0 Å². The Bertz CT molecular complexity index is 289. The van der Waals surface area contributed by atoms with E-state index in [1.807, 2.05) is 18.2 Å². The maximum atomic E-state index is 5.61. The predicted molar refractivity (Wildman–Crippen MR) is 74.9 cm³/mol. The van der Waals surface area contributed by atoms with E-state index >= 15 is 0 Å². The molecule has 0 atom stereocenters. The van der Waals surface area contributed by atoms with Crippen molar-refractivity contribution < 1.29 is 25.8 Å². The zero-order chi connectivity index (χ0) is 14.0. The van der Waals surface area contributed by atoms with E-state index in [0.717, 1.165) is 18.1 Å². The molecule has 0 heterocycles. The van der Waals surface area contributed by atoms with Crippen LogP contribution in [0.4, 0.5) is 0 Å². The molecule has 1 rings (SSSR count). The first-order chi connectivity index (χ1) is 8.58. The van der Waals surface area contributed by atoms with Gasteiger partial charge in [-0.3, -0.25) is 0 Å². The average molecular weight is 367 g/mol. The molecule has 0 spiro atoms. The number of hydrogen-bond acceptors (Lipinski definition) is 2. The van der Waals surface area contributed by atoms with Gasteiger partial charge in [0.2, 0.25) is 0 Å². The zero-order valence-corrected chi connectivity index (χ0v) is 16.3. The zero-order valence-electron chi connectivity index (χ0n) is 11.7. The molecule has 0 radical (unpaired) electrons. The van der Waals surface area contributed by atoms with Crippen LogP contribution in [0.15, 0.2) is 18.2 Å². The summed E-state index contributed by atoms with van der Waals surface area (Å²) < 4.78 is 11.2. The minimum atomic E-state index is 0.522. The van der Waals surface area contributed by atoms with Crippen LogP contribution >= 0.6 is 13.6 Å². The topological polar surface area (TPSA) is 18.5 Å². The van der Waals surface area contributed by atoms with Gasteiger partial charge in [-0.05, 0) is 11.8 Å². The molecule has 1 aromatic carbocycles. The molecular weight excluding hydrogens is 345 g/mol. The number of rotatable bonds is 6. The predicted octanol–water partition coefficient (Wildman–Crippen LogP) is 4.40. The molecule has 0 aliphatic rings. The van der Waals surface area contributed by atoms with Gasteiger partial charge in [-0.1, -0.05) is 33.8 Å². The number of hydrogen-bond donors (Lipinski definition) is 0. The first kappa shape index (κ1) is 17.9. The maximum absolute atomic E-state index is 5.61. The summed E-state index contributed by atoms with van der Waals surface area (Å²) in [5.74, 6) is 2.67. The van der Waals surface area contributed by atoms with E-state index in [1.165, 1.54) is 16.3 Å². The van der Waals surface area contributed by atoms with E-state index in [-0.39, 0.29) is 0 Å². The molecule has 2 nitrogen and oxygen atoms in total. The molecule has 1 aromatic rings. The van der Waals surface area contributed by atoms with E-state index < -0.39 is 0 Å². The number of ether oxygens (including phenoxy) is 2. The van der Waals surface area contributed by atoms with E-state index in [1.54, 1.807) is 0 Å². The quantitative estimate of drug-likeness (QED) is 0.549. The average Bonchev–Trinajstić information content (AvgIpc) is 2.37. The van der Waals surface area contributed by atoms with Crippen molar-refractivity contribution >= 4 is 13.6 Å². The molecule has 4 heteroatoms. The van der Waals surface area contributed by atoms with Gasteiger partial charge in [0, 0.05) is 11.5 Å². The Morgan fingerprint density at radius 2 is 1.67 bits per heavy atom. The SMILES string of the molecule is CC(C)COc1[c-]ccc(OCC(C)C)c1.[Zn+][Br]. The summed E-state index contributed by atoms with van der Waals surface area (Å²) in [6.45, 7) is 9.95. The molecule has 0 unspecified atom stereocenters. The molecule has 0 saturated carbocycles. The fourth-order valence-electron chi connectivity index (χ4n) is 1.12. The van der Waals surface area contributed by atoms with Gasteiger partial charge >= 0.3 is 30.0 Å². The van der Waals surface area contributed by atoms with E-state index in [0.29, 0.717) is 18.4 Å². The van der Waals surface area contributed by atoms with Crippen molar-refractivity contribution in [2.75, 3.05) is 13.2 Å². The Morgan fingerprint density at radius 3 is 2.22 bits per heavy atom. The van der Waals surface area contributed by atoms with Crippen LogP contribution in [-0.4, -0.2) is 13.2 Å². The second kappa shape index (κ2) is 10.8. The molecule has 0 amide bonds. The normalized spacial score (nSPS) is 10.1. The fourth-order valence-corrected chi connectivity index (χ4v) is 1.12. The van der Waals surface area contributed by atoms with E-state index in [4.69, 9.17) is 9.47 Å². The molecule has 0 fully saturated rings. The summed E-state index contributed by atoms with van der Waals surface area (Å²) in [6, 6.07) is 8.69. The van der Waals surface area contributed by atoms with Gasteiger partial charge in [0.25, 0.3) is 0 Å². The monoisotopic (exact) mass is 364 g/mol. The molecule has 0 aromatic heterocycles. The van der Waals surface area contributed by atoms with Gasteiger partial charge < -0.3 is 9.47 Å². The standard InChI is InChI=1S/C14H21O2.BrH.Zn/c1-11(2)9-15-13-6-5-7-14(8-13)16-10-12(3)4;;/h5-6,8,11-12H,9-10H2,1-4H3;1H;/q-1;;+2/p-1. The van der Waals surface area contributed by atoms with Crippen molar-refractivity contribution in [2.24, 2.45) is 11.8 Å². The third kappa shape index (κ3) is 8.93. The Labute approximate surface area is 127 Å². The van der Waals surface area contributed by atoms with Crippen LogP contribution in [0, 0.1) is 17.9 Å². The molecule has 18 heavy (non-hydrogen) atoms. The summed E-state index contributed by atoms with van der Waals surface area (Å²) in [5.41, 5.74) is 0. The Hall–Kier alpha value is -0.0766. The first-order valence-corrected chi connectivity index (χ1v) is 13.1. The molecule has 0 bridgehead atoms. The second-order valence-electron chi connectivity index (χ2n) is 4.80. The van der Waals surface area contributed by atoms with Gasteiger partial charge in [0.15, 0.2) is 0 Å². The summed E-state index contributed by atoms with van der Waals surface area (Å²) in [5, 5.41) is 0. The van der Waals surface area contributed by atoms with Crippen LogP contribution in [0.1, 0.15) is 27.7 Å². The van der Waals surface area contributed by atoms with Crippen molar-refractivity contribution in [1.29, 1.82) is 0 Å². The van der Waals surface area contributed by atoms with Crippen molar-refractivity contribution in [3.63, 3.8) is 0 Å². The molecule has 98 valence electrons. The Kier molecular flexibility index (Phi) is 10.8. The summed E-state index contributed by atoms with van der Waals surface area (Å²) in [4.78, 5) is 0. The molecule has 0 aliphatic heterocycles. The van der Waals surface area contributed by atoms with Crippen LogP contribution in [0.25, 0.3) is 0 Å². The molecular formula is C14H21BrO2Zn. The molecule has 0 N–H and O–H groups in total. The second-order valence-corrected chi connectivity index (χ2v) is 4.80. The fraction of sp³-hybridized carbons (Fsp3) is 0.571. The summed E-state index contributed by atoms with van der Waals surface area (Å²) in [6.07, 6.45) is 0. The van der Waals surface area contributed by atoms with Gasteiger partial charge in [-0.15, -0.1) is 12.1 Å². The van der Waals surface area contributed by atoms with Crippen LogP contribution in [0.3, 0.4) is 0 Å².